The lowest BCUT2D eigenvalue weighted by Gasteiger charge is -2.25. The van der Waals surface area contributed by atoms with Gasteiger partial charge >= 0.3 is 0 Å². The van der Waals surface area contributed by atoms with Gasteiger partial charge in [-0.05, 0) is 7.05 Å². The van der Waals surface area contributed by atoms with Gasteiger partial charge in [-0.25, -0.2) is 0 Å². The van der Waals surface area contributed by atoms with E-state index in [2.05, 4.69) is 4.90 Å². The number of likely N-dealkylation sites (N-methyl/N-ethyl adjacent to an activating group) is 1. The molecule has 1 N–H and O–H groups in total. The molecule has 0 amide bonds. The van der Waals surface area contributed by atoms with E-state index in [4.69, 9.17) is 9.42 Å². The van der Waals surface area contributed by atoms with Crippen molar-refractivity contribution in [2.45, 2.75) is 0 Å². The normalized spacial score (nSPS) is 33.0. The highest BCUT2D eigenvalue weighted by atomic mass is 31.2. The Labute approximate surface area is 50.2 Å². The van der Waals surface area contributed by atoms with Crippen LogP contribution in [0.15, 0.2) is 0 Å². The zero-order valence-corrected chi connectivity index (χ0v) is 5.77. The monoisotopic (exact) mass is 135 g/mol. The van der Waals surface area contributed by atoms with Crippen molar-refractivity contribution < 1.29 is 9.42 Å². The number of hydrogen-bond donors (Lipinski definition) is 1. The van der Waals surface area contributed by atoms with Crippen LogP contribution in [-0.4, -0.2) is 36.3 Å². The number of nitrogens with zero attached hydrogens (tertiary/aromatic N) is 1. The van der Waals surface area contributed by atoms with E-state index in [1.54, 1.807) is 0 Å². The Morgan fingerprint density at radius 2 is 2.50 bits per heavy atom. The van der Waals surface area contributed by atoms with E-state index >= 15 is 0 Å². The minimum atomic E-state index is -1.11. The van der Waals surface area contributed by atoms with Gasteiger partial charge in [-0.15, -0.1) is 0 Å². The molecule has 1 unspecified atom stereocenters. The van der Waals surface area contributed by atoms with Crippen LogP contribution in [0, 0.1) is 0 Å². The predicted octanol–water partition coefficient (Wildman–Crippen LogP) is 0.210. The molecule has 1 saturated heterocycles. The fourth-order valence-electron chi connectivity index (χ4n) is 0.620. The molecular weight excluding hydrogens is 125 g/mol. The van der Waals surface area contributed by atoms with Crippen LogP contribution in [-0.2, 0) is 4.52 Å². The average Bonchev–Trinajstić information content (AvgIpc) is 1.64. The highest BCUT2D eigenvalue weighted by Gasteiger charge is 2.14. The highest BCUT2D eigenvalue weighted by Crippen LogP contribution is 2.33. The first kappa shape index (κ1) is 6.43. The Balaban J connectivity index is 2.23. The van der Waals surface area contributed by atoms with Gasteiger partial charge in [0.2, 0.25) is 0 Å². The Morgan fingerprint density at radius 1 is 1.75 bits per heavy atom. The minimum Gasteiger partial charge on any atom is -0.349 e. The fourth-order valence-corrected chi connectivity index (χ4v) is 1.55. The van der Waals surface area contributed by atoms with Gasteiger partial charge in [0.1, 0.15) is 0 Å². The van der Waals surface area contributed by atoms with E-state index in [0.29, 0.717) is 12.9 Å². The fraction of sp³-hybridized carbons (Fsp3) is 1.00. The lowest BCUT2D eigenvalue weighted by Crippen LogP contribution is -2.27. The summed E-state index contributed by atoms with van der Waals surface area (Å²) >= 11 is 0. The second kappa shape index (κ2) is 2.74. The average molecular weight is 135 g/mol. The molecule has 0 aliphatic carbocycles. The largest absolute Gasteiger partial charge is 0.349 e. The Bertz CT molecular complexity index is 72.4. The first-order chi connectivity index (χ1) is 3.79. The summed E-state index contributed by atoms with van der Waals surface area (Å²) in [6.45, 7) is 1.62. The topological polar surface area (TPSA) is 32.7 Å². The van der Waals surface area contributed by atoms with Gasteiger partial charge in [-0.2, -0.15) is 0 Å². The summed E-state index contributed by atoms with van der Waals surface area (Å²) in [5.74, 6) is 0. The molecular formula is C4H10NO2P. The van der Waals surface area contributed by atoms with Crippen LogP contribution in [0.2, 0.25) is 0 Å². The lowest BCUT2D eigenvalue weighted by atomic mass is 10.6. The van der Waals surface area contributed by atoms with Crippen LogP contribution < -0.4 is 0 Å². The van der Waals surface area contributed by atoms with E-state index < -0.39 is 8.38 Å². The molecule has 4 heteroatoms. The first-order valence-corrected chi connectivity index (χ1v) is 3.96. The summed E-state index contributed by atoms with van der Waals surface area (Å²) in [6.07, 6.45) is 0.704. The molecule has 1 atom stereocenters. The summed E-state index contributed by atoms with van der Waals surface area (Å²) < 4.78 is 4.93. The van der Waals surface area contributed by atoms with Crippen LogP contribution in [0.25, 0.3) is 0 Å². The van der Waals surface area contributed by atoms with E-state index in [0.717, 1.165) is 6.54 Å². The van der Waals surface area contributed by atoms with Crippen LogP contribution >= 0.6 is 8.38 Å². The number of rotatable bonds is 0. The van der Waals surface area contributed by atoms with E-state index in [1.165, 1.54) is 0 Å². The summed E-state index contributed by atoms with van der Waals surface area (Å²) in [4.78, 5) is 10.9. The quantitative estimate of drug-likeness (QED) is 0.482. The molecule has 0 aromatic carbocycles. The van der Waals surface area contributed by atoms with Crippen LogP contribution in [0.1, 0.15) is 0 Å². The summed E-state index contributed by atoms with van der Waals surface area (Å²) in [5.41, 5.74) is 0. The molecule has 1 aliphatic rings. The van der Waals surface area contributed by atoms with Gasteiger partial charge in [0.05, 0.1) is 12.9 Å². The Hall–Kier alpha value is 0.310. The lowest BCUT2D eigenvalue weighted by molar-refractivity contribution is 0.207. The molecule has 1 fully saturated rings. The van der Waals surface area contributed by atoms with Gasteiger partial charge in [0, 0.05) is 6.54 Å². The molecule has 48 valence electrons. The van der Waals surface area contributed by atoms with Crippen molar-refractivity contribution in [3.05, 3.63) is 0 Å². The number of hydrogen-bond acceptors (Lipinski definition) is 3. The SMILES string of the molecule is CN1CCOP(O)C1. The molecule has 0 aromatic heterocycles. The zero-order chi connectivity index (χ0) is 5.98. The Kier molecular flexibility index (Phi) is 2.20. The summed E-state index contributed by atoms with van der Waals surface area (Å²) in [7, 11) is 0.875. The molecule has 1 rings (SSSR count). The van der Waals surface area contributed by atoms with Crippen molar-refractivity contribution in [1.29, 1.82) is 0 Å². The van der Waals surface area contributed by atoms with Crippen LogP contribution in [0.3, 0.4) is 0 Å². The van der Waals surface area contributed by atoms with Gasteiger partial charge < -0.3 is 9.42 Å². The maximum atomic E-state index is 8.88. The third kappa shape index (κ3) is 1.67. The molecule has 1 heterocycles. The molecule has 0 spiro atoms. The standard InChI is InChI=1S/C4H10NO2P/c1-5-2-3-7-8(6)4-5/h6H,2-4H2,1H3. The first-order valence-electron chi connectivity index (χ1n) is 2.57. The van der Waals surface area contributed by atoms with Crippen molar-refractivity contribution >= 4 is 8.38 Å². The zero-order valence-electron chi connectivity index (χ0n) is 4.87. The minimum absolute atomic E-state index is 0.679. The third-order valence-electron chi connectivity index (χ3n) is 1.08. The van der Waals surface area contributed by atoms with Crippen molar-refractivity contribution in [3.63, 3.8) is 0 Å². The third-order valence-corrected chi connectivity index (χ3v) is 2.28. The smallest absolute Gasteiger partial charge is 0.182 e. The van der Waals surface area contributed by atoms with E-state index in [9.17, 15) is 0 Å². The molecule has 0 saturated carbocycles. The summed E-state index contributed by atoms with van der Waals surface area (Å²) in [5, 5.41) is 0. The molecule has 8 heavy (non-hydrogen) atoms. The van der Waals surface area contributed by atoms with Gasteiger partial charge in [0.15, 0.2) is 8.38 Å². The maximum Gasteiger partial charge on any atom is 0.182 e. The van der Waals surface area contributed by atoms with Gasteiger partial charge in [-0.3, -0.25) is 4.90 Å². The van der Waals surface area contributed by atoms with Crippen molar-refractivity contribution in [2.75, 3.05) is 26.5 Å². The second-order valence-corrected chi connectivity index (χ2v) is 3.15. The van der Waals surface area contributed by atoms with E-state index in [-0.39, 0.29) is 0 Å². The van der Waals surface area contributed by atoms with Gasteiger partial charge in [0.25, 0.3) is 0 Å². The van der Waals surface area contributed by atoms with Crippen molar-refractivity contribution in [1.82, 2.24) is 4.90 Å². The predicted molar refractivity (Wildman–Crippen MR) is 32.6 cm³/mol. The summed E-state index contributed by atoms with van der Waals surface area (Å²) in [6, 6.07) is 0. The van der Waals surface area contributed by atoms with E-state index in [1.807, 2.05) is 7.05 Å². The highest BCUT2D eigenvalue weighted by molar-refractivity contribution is 7.46. The second-order valence-electron chi connectivity index (χ2n) is 1.91. The maximum absolute atomic E-state index is 8.88. The Morgan fingerprint density at radius 3 is 2.88 bits per heavy atom. The van der Waals surface area contributed by atoms with Crippen molar-refractivity contribution in [3.8, 4) is 0 Å². The molecule has 3 nitrogen and oxygen atoms in total. The molecule has 0 bridgehead atoms. The van der Waals surface area contributed by atoms with Crippen molar-refractivity contribution in [2.24, 2.45) is 0 Å². The molecule has 0 aromatic rings. The van der Waals surface area contributed by atoms with Gasteiger partial charge in [-0.1, -0.05) is 0 Å². The molecule has 0 radical (unpaired) electrons. The van der Waals surface area contributed by atoms with Crippen LogP contribution in [0.4, 0.5) is 0 Å². The molecule has 1 aliphatic heterocycles. The van der Waals surface area contributed by atoms with Crippen LogP contribution in [0.5, 0.6) is 0 Å².